The van der Waals surface area contributed by atoms with Gasteiger partial charge >= 0.3 is 5.97 Å². The number of ketones is 2. The molecule has 3 heterocycles. The number of carboxylic acids is 1. The maximum atomic E-state index is 14.3. The van der Waals surface area contributed by atoms with E-state index in [0.29, 0.717) is 56.9 Å². The lowest BCUT2D eigenvalue weighted by Crippen LogP contribution is -2.64. The van der Waals surface area contributed by atoms with Crippen LogP contribution in [0, 0.1) is 29.6 Å². The smallest absolute Gasteiger partial charge is 0.329 e. The van der Waals surface area contributed by atoms with Gasteiger partial charge < -0.3 is 49.0 Å². The van der Waals surface area contributed by atoms with Gasteiger partial charge in [0.2, 0.25) is 5.79 Å². The zero-order valence-corrected chi connectivity index (χ0v) is 37.7. The molecule has 61 heavy (non-hydrogen) atoms. The van der Waals surface area contributed by atoms with Crippen LogP contribution >= 0.6 is 0 Å². The van der Waals surface area contributed by atoms with E-state index in [4.69, 9.17) is 33.6 Å². The minimum Gasteiger partial charge on any atom is -0.481 e. The Morgan fingerprint density at radius 3 is 2.15 bits per heavy atom. The van der Waals surface area contributed by atoms with Crippen LogP contribution in [-0.2, 0) is 47.7 Å². The maximum Gasteiger partial charge on any atom is 0.329 e. The van der Waals surface area contributed by atoms with E-state index in [9.17, 15) is 34.5 Å². The maximum absolute atomic E-state index is 14.3. The van der Waals surface area contributed by atoms with Crippen molar-refractivity contribution in [3.63, 3.8) is 0 Å². The zero-order valence-electron chi connectivity index (χ0n) is 37.7. The SMILES string of the molecule is C=CC[C@@H]1C=C(C)C[C@H](C)C[C@H](OC)[C@H]2O[C@@](O)(C(=O)C(=O)N3CCCC[C@H]3C(=O)O[C@H](C(C)=CC3CC[C@@H](O)[C@H](OC)C3)[C@H](C)[C@@H](O)CC1=O)[C@H](C)C[C@@H]2OC.CC(=O)O. The largest absolute Gasteiger partial charge is 0.481 e. The minimum atomic E-state index is -2.51. The van der Waals surface area contributed by atoms with E-state index < -0.39 is 89.8 Å². The van der Waals surface area contributed by atoms with Crippen LogP contribution in [0.4, 0.5) is 0 Å². The number of ether oxygens (including phenoxy) is 5. The number of aliphatic hydroxyl groups is 3. The first-order valence-corrected chi connectivity index (χ1v) is 21.8. The lowest BCUT2D eigenvalue weighted by molar-refractivity contribution is -0.302. The molecule has 2 saturated heterocycles. The predicted molar refractivity (Wildman–Crippen MR) is 226 cm³/mol. The molecule has 0 spiro atoms. The number of Topliss-reactive ketones (excluding diaryl/α,β-unsaturated/α-hetero) is 2. The highest BCUT2D eigenvalue weighted by molar-refractivity contribution is 6.39. The summed E-state index contributed by atoms with van der Waals surface area (Å²) in [6, 6.07) is -1.14. The molecule has 0 aromatic heterocycles. The van der Waals surface area contributed by atoms with Gasteiger partial charge in [-0.2, -0.15) is 0 Å². The van der Waals surface area contributed by atoms with Crippen LogP contribution in [0.2, 0.25) is 0 Å². The molecule has 0 radical (unpaired) electrons. The van der Waals surface area contributed by atoms with Gasteiger partial charge in [0.1, 0.15) is 24.0 Å². The normalized spacial score (nSPS) is 37.8. The van der Waals surface area contributed by atoms with E-state index in [2.05, 4.69) is 6.58 Å². The number of aliphatic hydroxyl groups excluding tert-OH is 2. The third-order valence-electron chi connectivity index (χ3n) is 12.9. The summed E-state index contributed by atoms with van der Waals surface area (Å²) in [5.41, 5.74) is 1.61. The predicted octanol–water partition coefficient (Wildman–Crippen LogP) is 4.73. The number of fused-ring (bicyclic) bond motifs is 3. The second kappa shape index (κ2) is 23.9. The number of amides is 1. The number of nitrogens with zero attached hydrogens (tertiary/aromatic N) is 1. The van der Waals surface area contributed by atoms with Crippen molar-refractivity contribution in [1.82, 2.24) is 4.90 Å². The average Bonchev–Trinajstić information content (AvgIpc) is 3.21. The van der Waals surface area contributed by atoms with E-state index in [1.54, 1.807) is 27.0 Å². The van der Waals surface area contributed by atoms with Gasteiger partial charge in [-0.15, -0.1) is 6.58 Å². The molecule has 15 nitrogen and oxygen atoms in total. The van der Waals surface area contributed by atoms with Gasteiger partial charge in [-0.25, -0.2) is 4.79 Å². The molecular weight excluding hydrogens is 790 g/mol. The molecule has 1 unspecified atom stereocenters. The molecule has 15 heteroatoms. The first-order valence-electron chi connectivity index (χ1n) is 21.8. The van der Waals surface area contributed by atoms with Gasteiger partial charge in [-0.1, -0.05) is 44.6 Å². The molecule has 1 aliphatic carbocycles. The fourth-order valence-corrected chi connectivity index (χ4v) is 9.42. The van der Waals surface area contributed by atoms with Crippen molar-refractivity contribution < 1.29 is 68.1 Å². The minimum absolute atomic E-state index is 0.00988. The van der Waals surface area contributed by atoms with Crippen LogP contribution in [0.3, 0.4) is 0 Å². The number of carboxylic acid groups (broad SMARTS) is 1. The molecular formula is C46H73NO14. The van der Waals surface area contributed by atoms with E-state index in [1.807, 2.05) is 32.9 Å². The first-order chi connectivity index (χ1) is 28.7. The monoisotopic (exact) mass is 864 g/mol. The van der Waals surface area contributed by atoms with Crippen molar-refractivity contribution in [2.24, 2.45) is 29.6 Å². The number of carbonyl (C=O) groups is 5. The fraction of sp³-hybridized carbons (Fsp3) is 0.761. The Bertz CT molecular complexity index is 1570. The summed E-state index contributed by atoms with van der Waals surface area (Å²) in [6.07, 6.45) is 4.93. The summed E-state index contributed by atoms with van der Waals surface area (Å²) < 4.78 is 29.7. The van der Waals surface area contributed by atoms with Gasteiger partial charge in [0.15, 0.2) is 0 Å². The Kier molecular flexibility index (Phi) is 20.4. The van der Waals surface area contributed by atoms with Crippen LogP contribution < -0.4 is 0 Å². The van der Waals surface area contributed by atoms with Gasteiger partial charge in [-0.3, -0.25) is 19.2 Å². The number of allylic oxidation sites excluding steroid dienone is 4. The fourth-order valence-electron chi connectivity index (χ4n) is 9.42. The number of hydrogen-bond donors (Lipinski definition) is 4. The zero-order chi connectivity index (χ0) is 45.8. The van der Waals surface area contributed by atoms with E-state index in [1.165, 1.54) is 19.1 Å². The third-order valence-corrected chi connectivity index (χ3v) is 12.9. The van der Waals surface area contributed by atoms with Gasteiger partial charge in [0, 0.05) is 59.0 Å². The number of esters is 1. The lowest BCUT2D eigenvalue weighted by Gasteiger charge is -2.47. The van der Waals surface area contributed by atoms with Crippen molar-refractivity contribution >= 4 is 29.4 Å². The Morgan fingerprint density at radius 2 is 1.54 bits per heavy atom. The van der Waals surface area contributed by atoms with E-state index in [-0.39, 0.29) is 49.5 Å². The molecule has 1 amide bonds. The Hall–Kier alpha value is -3.31. The number of carbonyl (C=O) groups excluding carboxylic acids is 4. The van der Waals surface area contributed by atoms with Crippen molar-refractivity contribution in [2.45, 2.75) is 167 Å². The van der Waals surface area contributed by atoms with Crippen molar-refractivity contribution in [1.29, 1.82) is 0 Å². The number of cyclic esters (lactones) is 1. The molecule has 14 atom stereocenters. The highest BCUT2D eigenvalue weighted by Gasteiger charge is 2.56. The molecule has 4 aliphatic rings. The molecule has 2 bridgehead atoms. The second-order valence-corrected chi connectivity index (χ2v) is 17.8. The summed E-state index contributed by atoms with van der Waals surface area (Å²) in [5.74, 6) is -8.59. The van der Waals surface area contributed by atoms with Gasteiger partial charge in [-0.05, 0) is 95.5 Å². The summed E-state index contributed by atoms with van der Waals surface area (Å²) in [5, 5.41) is 41.6. The van der Waals surface area contributed by atoms with Crippen LogP contribution in [0.1, 0.15) is 112 Å². The Balaban J connectivity index is 0.00000237. The summed E-state index contributed by atoms with van der Waals surface area (Å²) in [6.45, 7) is 14.2. The highest BCUT2D eigenvalue weighted by atomic mass is 16.7. The van der Waals surface area contributed by atoms with Crippen LogP contribution in [0.25, 0.3) is 0 Å². The van der Waals surface area contributed by atoms with Gasteiger partial charge in [0.05, 0.1) is 30.5 Å². The third kappa shape index (κ3) is 13.8. The standard InChI is InChI=1S/C44H69NO12.C2H4O2/c1-10-13-31-19-25(2)18-26(3)20-37(54-8)40-38(55-9)22-28(5)44(52,57-40)41(49)42(50)45-17-12-11-14-32(45)43(51)56-39(29(6)34(47)24-35(31)48)27(4)21-30-15-16-33(46)36(23-30)53-7;1-2(3)4/h10,19,21,26,28-34,36-40,46-47,52H,1,11-18,20,22-24H2,2-9H3;1H3,(H,3,4)/t26-,28+,29+,30?,31+,32-,33+,34-,36+,37-,38-,39+,40+,44+;/m0./s1. The second-order valence-electron chi connectivity index (χ2n) is 17.8. The number of rotatable bonds is 7. The number of aliphatic carboxylic acids is 1. The molecule has 3 aliphatic heterocycles. The molecule has 4 rings (SSSR count). The Morgan fingerprint density at radius 1 is 0.918 bits per heavy atom. The van der Waals surface area contributed by atoms with Crippen molar-refractivity contribution in [3.05, 3.63) is 36.0 Å². The Labute approximate surface area is 361 Å². The van der Waals surface area contributed by atoms with Crippen molar-refractivity contribution in [3.8, 4) is 0 Å². The molecule has 3 fully saturated rings. The average molecular weight is 864 g/mol. The van der Waals surface area contributed by atoms with Crippen molar-refractivity contribution in [2.75, 3.05) is 27.9 Å². The van der Waals surface area contributed by atoms with Gasteiger partial charge in [0.25, 0.3) is 17.7 Å². The van der Waals surface area contributed by atoms with Crippen LogP contribution in [0.15, 0.2) is 36.0 Å². The number of piperidine rings is 1. The topological polar surface area (TPSA) is 216 Å². The van der Waals surface area contributed by atoms with Crippen LogP contribution in [0.5, 0.6) is 0 Å². The molecule has 4 N–H and O–H groups in total. The van der Waals surface area contributed by atoms with E-state index in [0.717, 1.165) is 12.5 Å². The van der Waals surface area contributed by atoms with E-state index >= 15 is 0 Å². The lowest BCUT2D eigenvalue weighted by atomic mass is 9.81. The summed E-state index contributed by atoms with van der Waals surface area (Å²) in [7, 11) is 4.61. The number of methoxy groups -OCH3 is 3. The highest BCUT2D eigenvalue weighted by Crippen LogP contribution is 2.39. The quantitative estimate of drug-likeness (QED) is 0.155. The summed E-state index contributed by atoms with van der Waals surface area (Å²) in [4.78, 5) is 66.8. The first kappa shape index (κ1) is 52.0. The molecule has 0 aromatic carbocycles. The number of hydrogen-bond acceptors (Lipinski definition) is 13. The summed E-state index contributed by atoms with van der Waals surface area (Å²) >= 11 is 0. The van der Waals surface area contributed by atoms with Crippen LogP contribution in [-0.4, -0.2) is 137 Å². The molecule has 346 valence electrons. The molecule has 0 aromatic rings. The molecule has 1 saturated carbocycles.